The van der Waals surface area contributed by atoms with Crippen molar-refractivity contribution in [2.45, 2.75) is 12.2 Å². The van der Waals surface area contributed by atoms with Crippen LogP contribution in [0, 0.1) is 0 Å². The van der Waals surface area contributed by atoms with Crippen molar-refractivity contribution in [3.63, 3.8) is 0 Å². The Morgan fingerprint density at radius 2 is 2.14 bits per heavy atom. The molecule has 0 saturated carbocycles. The molecule has 1 aromatic rings. The number of aliphatic hydroxyl groups is 3. The van der Waals surface area contributed by atoms with E-state index in [1.807, 2.05) is 0 Å². The fraction of sp³-hybridized carbons (Fsp3) is 0.375. The molecule has 5 nitrogen and oxygen atoms in total. The first-order chi connectivity index (χ1) is 6.56. The number of rotatable bonds is 3. The molecule has 14 heavy (non-hydrogen) atoms. The molecule has 2 unspecified atom stereocenters. The first kappa shape index (κ1) is 11.2. The van der Waals surface area contributed by atoms with Crippen molar-refractivity contribution >= 4 is 17.4 Å². The van der Waals surface area contributed by atoms with Crippen LogP contribution < -0.4 is 5.73 Å². The van der Waals surface area contributed by atoms with Gasteiger partial charge in [-0.3, -0.25) is 0 Å². The molecule has 5 N–H and O–H groups in total. The van der Waals surface area contributed by atoms with Gasteiger partial charge in [0.15, 0.2) is 0 Å². The number of nitrogen functional groups attached to an aromatic ring is 1. The molecule has 0 amide bonds. The van der Waals surface area contributed by atoms with Gasteiger partial charge in [-0.25, -0.2) is 4.98 Å². The van der Waals surface area contributed by atoms with Gasteiger partial charge >= 0.3 is 0 Å². The van der Waals surface area contributed by atoms with Crippen molar-refractivity contribution in [3.8, 4) is 0 Å². The van der Waals surface area contributed by atoms with E-state index in [4.69, 9.17) is 27.5 Å². The Hall–Kier alpha value is -0.880. The van der Waals surface area contributed by atoms with E-state index in [1.165, 1.54) is 12.3 Å². The van der Waals surface area contributed by atoms with Crippen LogP contribution in [0.5, 0.6) is 0 Å². The van der Waals surface area contributed by atoms with Crippen molar-refractivity contribution in [2.24, 2.45) is 0 Å². The summed E-state index contributed by atoms with van der Waals surface area (Å²) in [5.41, 5.74) is 5.59. The normalized spacial score (nSPS) is 15.1. The summed E-state index contributed by atoms with van der Waals surface area (Å²) in [5.74, 6) is 0.226. The smallest absolute Gasteiger partial charge is 0.124 e. The molecule has 1 rings (SSSR count). The summed E-state index contributed by atoms with van der Waals surface area (Å²) in [4.78, 5) is 3.72. The van der Waals surface area contributed by atoms with Crippen LogP contribution in [0.2, 0.25) is 5.02 Å². The highest BCUT2D eigenvalue weighted by atomic mass is 35.5. The second-order valence-electron chi connectivity index (χ2n) is 2.83. The third-order valence-electron chi connectivity index (χ3n) is 1.77. The Morgan fingerprint density at radius 3 is 2.64 bits per heavy atom. The number of pyridine rings is 1. The number of aromatic nitrogens is 1. The highest BCUT2D eigenvalue weighted by Crippen LogP contribution is 2.25. The average Bonchev–Trinajstić information content (AvgIpc) is 2.15. The Morgan fingerprint density at radius 1 is 1.50 bits per heavy atom. The van der Waals surface area contributed by atoms with E-state index in [9.17, 15) is 5.11 Å². The maximum atomic E-state index is 9.49. The van der Waals surface area contributed by atoms with Gasteiger partial charge in [0, 0.05) is 11.8 Å². The number of hydrogen-bond donors (Lipinski definition) is 4. The quantitative estimate of drug-likeness (QED) is 0.559. The lowest BCUT2D eigenvalue weighted by Gasteiger charge is -2.16. The summed E-state index contributed by atoms with van der Waals surface area (Å²) in [6.45, 7) is -0.554. The molecule has 0 aliphatic carbocycles. The minimum Gasteiger partial charge on any atom is -0.394 e. The van der Waals surface area contributed by atoms with Gasteiger partial charge in [-0.1, -0.05) is 11.6 Å². The van der Waals surface area contributed by atoms with Crippen LogP contribution >= 0.6 is 11.6 Å². The van der Waals surface area contributed by atoms with Crippen molar-refractivity contribution in [3.05, 3.63) is 22.8 Å². The molecule has 0 radical (unpaired) electrons. The molecule has 0 aliphatic rings. The molecular weight excluding hydrogens is 208 g/mol. The van der Waals surface area contributed by atoms with E-state index in [0.717, 1.165) is 0 Å². The zero-order valence-electron chi connectivity index (χ0n) is 7.26. The summed E-state index contributed by atoms with van der Waals surface area (Å²) in [6.07, 6.45) is -1.28. The van der Waals surface area contributed by atoms with E-state index < -0.39 is 18.8 Å². The molecule has 6 heteroatoms. The van der Waals surface area contributed by atoms with Gasteiger partial charge in [0.2, 0.25) is 0 Å². The van der Waals surface area contributed by atoms with Crippen molar-refractivity contribution < 1.29 is 15.3 Å². The third kappa shape index (κ3) is 2.33. The third-order valence-corrected chi connectivity index (χ3v) is 2.10. The fourth-order valence-corrected chi connectivity index (χ4v) is 1.25. The van der Waals surface area contributed by atoms with Gasteiger partial charge in [-0.2, -0.15) is 0 Å². The predicted molar refractivity (Wildman–Crippen MR) is 51.7 cm³/mol. The van der Waals surface area contributed by atoms with E-state index in [2.05, 4.69) is 4.98 Å². The van der Waals surface area contributed by atoms with Gasteiger partial charge in [-0.05, 0) is 6.07 Å². The molecular formula is C8H11ClN2O3. The highest BCUT2D eigenvalue weighted by molar-refractivity contribution is 6.31. The molecule has 78 valence electrons. The van der Waals surface area contributed by atoms with E-state index in [-0.39, 0.29) is 16.4 Å². The topological polar surface area (TPSA) is 99.6 Å². The second kappa shape index (κ2) is 4.56. The van der Waals surface area contributed by atoms with Crippen LogP contribution in [-0.4, -0.2) is 33.0 Å². The lowest BCUT2D eigenvalue weighted by atomic mass is 10.1. The Labute approximate surface area is 85.8 Å². The number of nitrogens with two attached hydrogens (primary N) is 1. The van der Waals surface area contributed by atoms with Gasteiger partial charge in [0.1, 0.15) is 18.0 Å². The lowest BCUT2D eigenvalue weighted by molar-refractivity contribution is -0.0153. The molecule has 0 fully saturated rings. The van der Waals surface area contributed by atoms with E-state index in [0.29, 0.717) is 0 Å². The summed E-state index contributed by atoms with van der Waals surface area (Å²) in [5, 5.41) is 27.5. The standard InChI is InChI=1S/C8H11ClN2O3/c9-5-1-7(10)11-2-4(5)8(14)6(13)3-12/h1-2,6,8,12-14H,3H2,(H2,10,11). The molecule has 0 spiro atoms. The molecule has 2 atom stereocenters. The maximum Gasteiger partial charge on any atom is 0.124 e. The Bertz CT molecular complexity index is 321. The summed E-state index contributed by atoms with van der Waals surface area (Å²) in [6, 6.07) is 1.37. The maximum absolute atomic E-state index is 9.49. The van der Waals surface area contributed by atoms with Crippen LogP contribution in [-0.2, 0) is 0 Å². The van der Waals surface area contributed by atoms with Gasteiger partial charge < -0.3 is 21.1 Å². The molecule has 1 heterocycles. The van der Waals surface area contributed by atoms with Crippen LogP contribution in [0.25, 0.3) is 0 Å². The zero-order chi connectivity index (χ0) is 10.7. The monoisotopic (exact) mass is 218 g/mol. The van der Waals surface area contributed by atoms with Crippen LogP contribution in [0.4, 0.5) is 5.82 Å². The molecule has 0 aliphatic heterocycles. The Balaban J connectivity index is 2.95. The second-order valence-corrected chi connectivity index (χ2v) is 3.23. The SMILES string of the molecule is Nc1cc(Cl)c(C(O)C(O)CO)cn1. The highest BCUT2D eigenvalue weighted by Gasteiger charge is 2.20. The summed E-state index contributed by atoms with van der Waals surface area (Å²) >= 11 is 5.75. The minimum atomic E-state index is -1.28. The van der Waals surface area contributed by atoms with Gasteiger partial charge in [0.25, 0.3) is 0 Å². The Kier molecular flexibility index (Phi) is 3.65. The zero-order valence-corrected chi connectivity index (χ0v) is 8.02. The predicted octanol–water partition coefficient (Wildman–Crippen LogP) is -0.296. The van der Waals surface area contributed by atoms with E-state index in [1.54, 1.807) is 0 Å². The molecule has 0 aromatic carbocycles. The number of halogens is 1. The fourth-order valence-electron chi connectivity index (χ4n) is 0.981. The number of anilines is 1. The molecule has 0 saturated heterocycles. The first-order valence-corrected chi connectivity index (χ1v) is 4.32. The first-order valence-electron chi connectivity index (χ1n) is 3.94. The van der Waals surface area contributed by atoms with Crippen molar-refractivity contribution in [2.75, 3.05) is 12.3 Å². The summed E-state index contributed by atoms with van der Waals surface area (Å²) < 4.78 is 0. The molecule has 0 bridgehead atoms. The lowest BCUT2D eigenvalue weighted by Crippen LogP contribution is -2.22. The average molecular weight is 219 g/mol. The van der Waals surface area contributed by atoms with Crippen molar-refractivity contribution in [1.82, 2.24) is 4.98 Å². The molecule has 1 aromatic heterocycles. The van der Waals surface area contributed by atoms with Crippen LogP contribution in [0.1, 0.15) is 11.7 Å². The van der Waals surface area contributed by atoms with Gasteiger partial charge in [-0.15, -0.1) is 0 Å². The van der Waals surface area contributed by atoms with Crippen molar-refractivity contribution in [1.29, 1.82) is 0 Å². The number of hydrogen-bond acceptors (Lipinski definition) is 5. The number of aliphatic hydroxyl groups excluding tert-OH is 3. The minimum absolute atomic E-state index is 0.206. The van der Waals surface area contributed by atoms with Crippen LogP contribution in [0.3, 0.4) is 0 Å². The number of nitrogens with zero attached hydrogens (tertiary/aromatic N) is 1. The summed E-state index contributed by atoms with van der Waals surface area (Å²) in [7, 11) is 0. The van der Waals surface area contributed by atoms with Crippen LogP contribution in [0.15, 0.2) is 12.3 Å². The largest absolute Gasteiger partial charge is 0.394 e. The van der Waals surface area contributed by atoms with Gasteiger partial charge in [0.05, 0.1) is 11.6 Å². The van der Waals surface area contributed by atoms with E-state index >= 15 is 0 Å².